The molecule has 0 unspecified atom stereocenters. The SMILES string of the molecule is CC(C)OC[C@H](O)C[S@@](=O)Cc1ccccc1. The topological polar surface area (TPSA) is 46.5 Å². The maximum absolute atomic E-state index is 11.8. The van der Waals surface area contributed by atoms with Gasteiger partial charge in [-0.25, -0.2) is 0 Å². The monoisotopic (exact) mass is 256 g/mol. The molecule has 0 aliphatic rings. The molecule has 0 spiro atoms. The molecular weight excluding hydrogens is 236 g/mol. The van der Waals surface area contributed by atoms with Gasteiger partial charge in [-0.2, -0.15) is 0 Å². The smallest absolute Gasteiger partial charge is 0.0888 e. The lowest BCUT2D eigenvalue weighted by molar-refractivity contribution is 0.0149. The van der Waals surface area contributed by atoms with E-state index in [2.05, 4.69) is 0 Å². The molecule has 17 heavy (non-hydrogen) atoms. The minimum absolute atomic E-state index is 0.0900. The molecule has 1 aromatic carbocycles. The van der Waals surface area contributed by atoms with Gasteiger partial charge in [-0.3, -0.25) is 4.21 Å². The second-order valence-corrected chi connectivity index (χ2v) is 5.77. The van der Waals surface area contributed by atoms with Crippen molar-refractivity contribution in [2.75, 3.05) is 12.4 Å². The summed E-state index contributed by atoms with van der Waals surface area (Å²) < 4.78 is 17.0. The zero-order valence-electron chi connectivity index (χ0n) is 10.3. The van der Waals surface area contributed by atoms with E-state index in [0.29, 0.717) is 5.75 Å². The highest BCUT2D eigenvalue weighted by molar-refractivity contribution is 7.84. The van der Waals surface area contributed by atoms with Gasteiger partial charge in [-0.05, 0) is 19.4 Å². The van der Waals surface area contributed by atoms with Gasteiger partial charge in [0.15, 0.2) is 0 Å². The lowest BCUT2D eigenvalue weighted by Crippen LogP contribution is -2.25. The Morgan fingerprint density at radius 1 is 1.29 bits per heavy atom. The first-order valence-electron chi connectivity index (χ1n) is 5.76. The maximum Gasteiger partial charge on any atom is 0.0888 e. The Kier molecular flexibility index (Phi) is 6.40. The average molecular weight is 256 g/mol. The van der Waals surface area contributed by atoms with E-state index in [1.807, 2.05) is 44.2 Å². The lowest BCUT2D eigenvalue weighted by atomic mass is 10.2. The number of benzene rings is 1. The van der Waals surface area contributed by atoms with Gasteiger partial charge in [0.25, 0.3) is 0 Å². The van der Waals surface area contributed by atoms with E-state index < -0.39 is 16.9 Å². The van der Waals surface area contributed by atoms with E-state index in [1.54, 1.807) is 0 Å². The van der Waals surface area contributed by atoms with Crippen molar-refractivity contribution in [1.82, 2.24) is 0 Å². The number of aliphatic hydroxyl groups is 1. The van der Waals surface area contributed by atoms with Gasteiger partial charge in [-0.15, -0.1) is 0 Å². The largest absolute Gasteiger partial charge is 0.390 e. The standard InChI is InChI=1S/C13H20O3S/c1-11(2)16-8-13(14)10-17(15)9-12-6-4-3-5-7-12/h3-7,11,13-14H,8-10H2,1-2H3/t13-,17-/m0/s1. The Morgan fingerprint density at radius 3 is 2.53 bits per heavy atom. The Balaban J connectivity index is 2.29. The molecule has 1 rings (SSSR count). The second kappa shape index (κ2) is 7.58. The zero-order valence-corrected chi connectivity index (χ0v) is 11.2. The van der Waals surface area contributed by atoms with Gasteiger partial charge in [0.2, 0.25) is 0 Å². The van der Waals surface area contributed by atoms with Crippen LogP contribution in [0.15, 0.2) is 30.3 Å². The van der Waals surface area contributed by atoms with E-state index in [9.17, 15) is 9.32 Å². The Labute approximate surface area is 105 Å². The number of ether oxygens (including phenoxy) is 1. The van der Waals surface area contributed by atoms with Crippen molar-refractivity contribution in [2.24, 2.45) is 0 Å². The summed E-state index contributed by atoms with van der Waals surface area (Å²) in [5.41, 5.74) is 1.03. The quantitative estimate of drug-likeness (QED) is 0.808. The third-order valence-electron chi connectivity index (χ3n) is 2.17. The number of rotatable bonds is 7. The van der Waals surface area contributed by atoms with Crippen LogP contribution in [0.4, 0.5) is 0 Å². The van der Waals surface area contributed by atoms with E-state index in [4.69, 9.17) is 4.74 Å². The molecule has 3 nitrogen and oxygen atoms in total. The van der Waals surface area contributed by atoms with Crippen molar-refractivity contribution in [2.45, 2.75) is 31.8 Å². The first kappa shape index (κ1) is 14.4. The van der Waals surface area contributed by atoms with E-state index in [1.165, 1.54) is 0 Å². The van der Waals surface area contributed by atoms with Crippen LogP contribution >= 0.6 is 0 Å². The van der Waals surface area contributed by atoms with Crippen LogP contribution in [0.1, 0.15) is 19.4 Å². The fraction of sp³-hybridized carbons (Fsp3) is 0.538. The molecule has 0 radical (unpaired) electrons. The maximum atomic E-state index is 11.8. The van der Waals surface area contributed by atoms with Gasteiger partial charge in [0.1, 0.15) is 0 Å². The molecule has 0 aliphatic heterocycles. The van der Waals surface area contributed by atoms with Crippen LogP contribution in [0.2, 0.25) is 0 Å². The Bertz CT molecular complexity index is 338. The molecule has 4 heteroatoms. The van der Waals surface area contributed by atoms with E-state index in [0.717, 1.165) is 5.56 Å². The summed E-state index contributed by atoms with van der Waals surface area (Å²) in [6, 6.07) is 9.65. The molecule has 0 bridgehead atoms. The van der Waals surface area contributed by atoms with Gasteiger partial charge in [0.05, 0.1) is 24.6 Å². The van der Waals surface area contributed by atoms with Crippen LogP contribution in [0, 0.1) is 0 Å². The predicted molar refractivity (Wildman–Crippen MR) is 70.3 cm³/mol. The molecule has 1 aromatic rings. The second-order valence-electron chi connectivity index (χ2n) is 4.27. The lowest BCUT2D eigenvalue weighted by Gasteiger charge is -2.13. The highest BCUT2D eigenvalue weighted by atomic mass is 32.2. The van der Waals surface area contributed by atoms with Crippen molar-refractivity contribution < 1.29 is 14.1 Å². The van der Waals surface area contributed by atoms with Gasteiger partial charge >= 0.3 is 0 Å². The number of aliphatic hydroxyl groups excluding tert-OH is 1. The van der Waals surface area contributed by atoms with Crippen LogP contribution in [0.5, 0.6) is 0 Å². The third kappa shape index (κ3) is 6.56. The predicted octanol–water partition coefficient (Wildman–Crippen LogP) is 1.72. The van der Waals surface area contributed by atoms with Gasteiger partial charge in [0, 0.05) is 16.6 Å². The first-order valence-corrected chi connectivity index (χ1v) is 7.25. The summed E-state index contributed by atoms with van der Waals surface area (Å²) in [5.74, 6) is 0.751. The molecule has 2 atom stereocenters. The molecule has 1 N–H and O–H groups in total. The van der Waals surface area contributed by atoms with Crippen LogP contribution in [0.3, 0.4) is 0 Å². The summed E-state index contributed by atoms with van der Waals surface area (Å²) in [4.78, 5) is 0. The van der Waals surface area contributed by atoms with Crippen LogP contribution in [0.25, 0.3) is 0 Å². The molecular formula is C13H20O3S. The molecule has 0 saturated carbocycles. The van der Waals surface area contributed by atoms with Crippen LogP contribution < -0.4 is 0 Å². The molecule has 0 heterocycles. The first-order chi connectivity index (χ1) is 8.08. The fourth-order valence-corrected chi connectivity index (χ4v) is 2.59. The Hall–Kier alpha value is -0.710. The molecule has 0 aliphatic carbocycles. The molecule has 0 fully saturated rings. The molecule has 0 aromatic heterocycles. The summed E-state index contributed by atoms with van der Waals surface area (Å²) in [6.07, 6.45) is -0.561. The van der Waals surface area contributed by atoms with Crippen molar-refractivity contribution >= 4 is 10.8 Å². The zero-order chi connectivity index (χ0) is 12.7. The number of hydrogen-bond donors (Lipinski definition) is 1. The van der Waals surface area contributed by atoms with Crippen molar-refractivity contribution in [3.63, 3.8) is 0 Å². The summed E-state index contributed by atoms with van der Waals surface area (Å²) >= 11 is 0. The van der Waals surface area contributed by atoms with Crippen molar-refractivity contribution in [3.8, 4) is 0 Å². The third-order valence-corrected chi connectivity index (χ3v) is 3.58. The molecule has 0 saturated heterocycles. The van der Waals surface area contributed by atoms with Crippen LogP contribution in [-0.4, -0.2) is 33.9 Å². The average Bonchev–Trinajstić information content (AvgIpc) is 2.27. The minimum Gasteiger partial charge on any atom is -0.390 e. The summed E-state index contributed by atoms with van der Waals surface area (Å²) in [7, 11) is -1.05. The molecule has 96 valence electrons. The highest BCUT2D eigenvalue weighted by Crippen LogP contribution is 2.04. The van der Waals surface area contributed by atoms with E-state index >= 15 is 0 Å². The van der Waals surface area contributed by atoms with Crippen LogP contribution in [-0.2, 0) is 21.3 Å². The summed E-state index contributed by atoms with van der Waals surface area (Å²) in [6.45, 7) is 4.07. The highest BCUT2D eigenvalue weighted by Gasteiger charge is 2.11. The van der Waals surface area contributed by atoms with Gasteiger partial charge in [-0.1, -0.05) is 30.3 Å². The normalized spacial score (nSPS) is 14.8. The van der Waals surface area contributed by atoms with E-state index in [-0.39, 0.29) is 18.5 Å². The molecule has 0 amide bonds. The van der Waals surface area contributed by atoms with Crippen molar-refractivity contribution in [3.05, 3.63) is 35.9 Å². The van der Waals surface area contributed by atoms with Gasteiger partial charge < -0.3 is 9.84 Å². The summed E-state index contributed by atoms with van der Waals surface area (Å²) in [5, 5.41) is 9.63. The number of hydrogen-bond acceptors (Lipinski definition) is 3. The fourth-order valence-electron chi connectivity index (χ4n) is 1.39. The van der Waals surface area contributed by atoms with Crippen molar-refractivity contribution in [1.29, 1.82) is 0 Å². The Morgan fingerprint density at radius 2 is 1.94 bits per heavy atom. The minimum atomic E-state index is -1.05.